The van der Waals surface area contributed by atoms with E-state index < -0.39 is 10.0 Å². The Morgan fingerprint density at radius 3 is 2.55 bits per heavy atom. The smallest absolute Gasteiger partial charge is 0.207 e. The Hall–Kier alpha value is -0.400. The molecule has 1 N–H and O–H groups in total. The molecule has 0 spiro atoms. The molecule has 0 radical (unpaired) electrons. The lowest BCUT2D eigenvalue weighted by atomic mass is 10.3. The summed E-state index contributed by atoms with van der Waals surface area (Å²) in [6.07, 6.45) is 0. The first-order valence-electron chi connectivity index (χ1n) is 5.83. The molecular weight excluding hydrogens is 382 g/mol. The summed E-state index contributed by atoms with van der Waals surface area (Å²) in [6, 6.07) is 8.18. The summed E-state index contributed by atoms with van der Waals surface area (Å²) in [6.45, 7) is 3.82. The normalized spacial score (nSPS) is 13.4. The maximum absolute atomic E-state index is 12.3. The van der Waals surface area contributed by atoms with Crippen LogP contribution in [0.5, 0.6) is 0 Å². The van der Waals surface area contributed by atoms with Gasteiger partial charge >= 0.3 is 0 Å². The molecule has 0 bridgehead atoms. The van der Waals surface area contributed by atoms with Crippen molar-refractivity contribution in [2.45, 2.75) is 24.8 Å². The third kappa shape index (κ3) is 3.62. The zero-order chi connectivity index (χ0) is 14.9. The first-order chi connectivity index (χ1) is 9.29. The van der Waals surface area contributed by atoms with Crippen LogP contribution in [0.4, 0.5) is 0 Å². The van der Waals surface area contributed by atoms with Gasteiger partial charge in [-0.05, 0) is 60.1 Å². The third-order valence-corrected chi connectivity index (χ3v) is 6.66. The molecule has 2 rings (SSSR count). The molecule has 3 nitrogen and oxygen atoms in total. The Labute approximate surface area is 136 Å². The van der Waals surface area contributed by atoms with Crippen molar-refractivity contribution in [3.05, 3.63) is 49.6 Å². The van der Waals surface area contributed by atoms with Crippen molar-refractivity contribution in [1.82, 2.24) is 4.72 Å². The molecule has 0 aliphatic carbocycles. The minimum atomic E-state index is -3.57. The zero-order valence-corrected chi connectivity index (χ0v) is 14.8. The molecule has 0 saturated heterocycles. The molecule has 108 valence electrons. The monoisotopic (exact) mass is 393 g/mol. The first-order valence-corrected chi connectivity index (χ1v) is 9.30. The van der Waals surface area contributed by atoms with E-state index in [1.54, 1.807) is 17.4 Å². The van der Waals surface area contributed by atoms with Gasteiger partial charge in [0.15, 0.2) is 0 Å². The van der Waals surface area contributed by atoms with Crippen LogP contribution in [0.25, 0.3) is 0 Å². The van der Waals surface area contributed by atoms with Crippen molar-refractivity contribution < 1.29 is 8.42 Å². The second-order valence-electron chi connectivity index (χ2n) is 4.37. The molecule has 0 aliphatic rings. The van der Waals surface area contributed by atoms with Gasteiger partial charge in [-0.15, -0.1) is 11.3 Å². The van der Waals surface area contributed by atoms with E-state index in [0.29, 0.717) is 9.50 Å². The van der Waals surface area contributed by atoms with Crippen LogP contribution in [-0.4, -0.2) is 8.42 Å². The molecule has 1 aromatic heterocycles. The van der Waals surface area contributed by atoms with Gasteiger partial charge in [-0.25, -0.2) is 13.1 Å². The minimum absolute atomic E-state index is 0.189. The topological polar surface area (TPSA) is 46.2 Å². The maximum atomic E-state index is 12.3. The molecule has 0 aliphatic heterocycles. The minimum Gasteiger partial charge on any atom is -0.207 e. The summed E-state index contributed by atoms with van der Waals surface area (Å²) in [7, 11) is -3.57. The largest absolute Gasteiger partial charge is 0.241 e. The molecule has 1 heterocycles. The van der Waals surface area contributed by atoms with Crippen LogP contribution in [0, 0.1) is 6.92 Å². The lowest BCUT2D eigenvalue weighted by Gasteiger charge is -2.13. The molecule has 0 saturated carbocycles. The highest BCUT2D eigenvalue weighted by Crippen LogP contribution is 2.27. The summed E-state index contributed by atoms with van der Waals surface area (Å²) in [5.74, 6) is 0. The van der Waals surface area contributed by atoms with Crippen molar-refractivity contribution in [2.24, 2.45) is 0 Å². The number of thiophene rings is 1. The Balaban J connectivity index is 2.24. The average Bonchev–Trinajstić information content (AvgIpc) is 2.79. The summed E-state index contributed by atoms with van der Waals surface area (Å²) in [5.41, 5.74) is 0. The van der Waals surface area contributed by atoms with Crippen molar-refractivity contribution >= 4 is 48.9 Å². The quantitative estimate of drug-likeness (QED) is 0.829. The van der Waals surface area contributed by atoms with E-state index in [0.717, 1.165) is 9.75 Å². The van der Waals surface area contributed by atoms with Crippen molar-refractivity contribution in [3.63, 3.8) is 0 Å². The number of hydrogen-bond donors (Lipinski definition) is 1. The van der Waals surface area contributed by atoms with Crippen LogP contribution in [0.15, 0.2) is 39.7 Å². The van der Waals surface area contributed by atoms with Gasteiger partial charge in [0.05, 0.1) is 16.0 Å². The predicted molar refractivity (Wildman–Crippen MR) is 86.9 cm³/mol. The Morgan fingerprint density at radius 2 is 2.00 bits per heavy atom. The Kier molecular flexibility index (Phi) is 4.92. The van der Waals surface area contributed by atoms with Gasteiger partial charge in [0, 0.05) is 14.2 Å². The second-order valence-corrected chi connectivity index (χ2v) is 8.66. The number of aryl methyl sites for hydroxylation is 1. The second kappa shape index (κ2) is 6.15. The molecule has 1 aromatic carbocycles. The number of hydrogen-bond acceptors (Lipinski definition) is 3. The highest BCUT2D eigenvalue weighted by atomic mass is 79.9. The Bertz CT molecular complexity index is 728. The summed E-state index contributed by atoms with van der Waals surface area (Å²) >= 11 is 10.7. The van der Waals surface area contributed by atoms with Crippen LogP contribution in [0.3, 0.4) is 0 Å². The third-order valence-electron chi connectivity index (χ3n) is 2.72. The van der Waals surface area contributed by atoms with Crippen LogP contribution in [-0.2, 0) is 10.0 Å². The van der Waals surface area contributed by atoms with Gasteiger partial charge in [-0.1, -0.05) is 11.6 Å². The standard InChI is InChI=1S/C13H13BrClNO2S2/c1-8-3-6-13(19-8)9(2)16-20(17,18)10-4-5-12(15)11(14)7-10/h3-7,9,16H,1-2H3. The molecule has 0 amide bonds. The van der Waals surface area contributed by atoms with Gasteiger partial charge in [0.25, 0.3) is 0 Å². The maximum Gasteiger partial charge on any atom is 0.241 e. The van der Waals surface area contributed by atoms with Gasteiger partial charge < -0.3 is 0 Å². The van der Waals surface area contributed by atoms with Crippen molar-refractivity contribution in [1.29, 1.82) is 0 Å². The zero-order valence-electron chi connectivity index (χ0n) is 10.9. The predicted octanol–water partition coefficient (Wildman–Crippen LogP) is 4.51. The number of halogens is 2. The molecular formula is C13H13BrClNO2S2. The summed E-state index contributed by atoms with van der Waals surface area (Å²) < 4.78 is 27.9. The van der Waals surface area contributed by atoms with Gasteiger partial charge in [-0.3, -0.25) is 0 Å². The van der Waals surface area contributed by atoms with Gasteiger partial charge in [-0.2, -0.15) is 0 Å². The number of benzene rings is 1. The number of sulfonamides is 1. The fourth-order valence-corrected chi connectivity index (χ4v) is 4.54. The number of rotatable bonds is 4. The van der Waals surface area contributed by atoms with Crippen LogP contribution in [0.2, 0.25) is 5.02 Å². The Morgan fingerprint density at radius 1 is 1.30 bits per heavy atom. The van der Waals surface area contributed by atoms with E-state index in [-0.39, 0.29) is 10.9 Å². The molecule has 1 atom stereocenters. The lowest BCUT2D eigenvalue weighted by Crippen LogP contribution is -2.26. The SMILES string of the molecule is Cc1ccc(C(C)NS(=O)(=O)c2ccc(Cl)c(Br)c2)s1. The van der Waals surface area contributed by atoms with E-state index >= 15 is 0 Å². The van der Waals surface area contributed by atoms with Crippen LogP contribution < -0.4 is 4.72 Å². The van der Waals surface area contributed by atoms with E-state index in [1.165, 1.54) is 12.1 Å². The van der Waals surface area contributed by atoms with E-state index in [2.05, 4.69) is 20.7 Å². The van der Waals surface area contributed by atoms with Gasteiger partial charge in [0.2, 0.25) is 10.0 Å². The fraction of sp³-hybridized carbons (Fsp3) is 0.231. The average molecular weight is 395 g/mol. The van der Waals surface area contributed by atoms with E-state index in [9.17, 15) is 8.42 Å². The molecule has 7 heteroatoms. The molecule has 20 heavy (non-hydrogen) atoms. The van der Waals surface area contributed by atoms with Gasteiger partial charge in [0.1, 0.15) is 0 Å². The summed E-state index contributed by atoms with van der Waals surface area (Å²) in [5, 5.41) is 0.478. The first kappa shape index (κ1) is 16.0. The highest BCUT2D eigenvalue weighted by Gasteiger charge is 2.20. The van der Waals surface area contributed by atoms with E-state index in [1.807, 2.05) is 26.0 Å². The van der Waals surface area contributed by atoms with E-state index in [4.69, 9.17) is 11.6 Å². The molecule has 0 fully saturated rings. The van der Waals surface area contributed by atoms with Crippen molar-refractivity contribution in [3.8, 4) is 0 Å². The van der Waals surface area contributed by atoms with Crippen LogP contribution in [0.1, 0.15) is 22.7 Å². The molecule has 1 unspecified atom stereocenters. The summed E-state index contributed by atoms with van der Waals surface area (Å²) in [4.78, 5) is 2.33. The fourth-order valence-electron chi connectivity index (χ4n) is 1.69. The van der Waals surface area contributed by atoms with Crippen molar-refractivity contribution in [2.75, 3.05) is 0 Å². The lowest BCUT2D eigenvalue weighted by molar-refractivity contribution is 0.568. The van der Waals surface area contributed by atoms with Crippen LogP contribution >= 0.6 is 38.9 Å². The molecule has 2 aromatic rings. The number of nitrogens with one attached hydrogen (secondary N) is 1. The highest BCUT2D eigenvalue weighted by molar-refractivity contribution is 9.10.